The van der Waals surface area contributed by atoms with Crippen LogP contribution in [-0.4, -0.2) is 39.5 Å². The van der Waals surface area contributed by atoms with Gasteiger partial charge in [0.25, 0.3) is 5.56 Å². The maximum absolute atomic E-state index is 14.4. The predicted octanol–water partition coefficient (Wildman–Crippen LogP) is 2.48. The van der Waals surface area contributed by atoms with Crippen LogP contribution < -0.4 is 11.2 Å². The van der Waals surface area contributed by atoms with Gasteiger partial charge in [-0.1, -0.05) is 6.07 Å². The van der Waals surface area contributed by atoms with Crippen molar-refractivity contribution in [2.45, 2.75) is 32.1 Å². The number of halogens is 2. The minimum atomic E-state index is -0.611. The summed E-state index contributed by atoms with van der Waals surface area (Å²) < 4.78 is 17.4. The average Bonchev–Trinajstić information content (AvgIpc) is 3.19. The molecule has 1 aliphatic heterocycles. The Bertz CT molecular complexity index is 1040. The molecule has 6 nitrogen and oxygen atoms in total. The monoisotopic (exact) mass is 513 g/mol. The van der Waals surface area contributed by atoms with Crippen LogP contribution in [0.15, 0.2) is 27.8 Å². The molecular formula is C21H25FIN3O3. The number of likely N-dealkylation sites (tertiary alicyclic amines) is 1. The number of hydrogen-bond acceptors (Lipinski definition) is 4. The number of carbonyl (C=O) groups excluding carboxylic acids is 1. The standard InChI is InChI=1S/C21H25FIN3O3/c1-24-17(12-14-7-8-15(23)13-16(14)22)19(20(28)25(2)21(24)29)18(27)6-5-11-26-9-3-4-10-26/h7-8,13H,3-6,9-12H2,1-2H3. The van der Waals surface area contributed by atoms with E-state index in [2.05, 4.69) is 4.90 Å². The number of carbonyl (C=O) groups is 1. The van der Waals surface area contributed by atoms with E-state index in [-0.39, 0.29) is 29.9 Å². The summed E-state index contributed by atoms with van der Waals surface area (Å²) in [6, 6.07) is 4.78. The van der Waals surface area contributed by atoms with Crippen LogP contribution >= 0.6 is 22.6 Å². The first-order chi connectivity index (χ1) is 13.8. The molecule has 0 unspecified atom stereocenters. The van der Waals surface area contributed by atoms with Crippen molar-refractivity contribution in [1.82, 2.24) is 14.0 Å². The fourth-order valence-corrected chi connectivity index (χ4v) is 4.27. The highest BCUT2D eigenvalue weighted by Gasteiger charge is 2.23. The molecule has 156 valence electrons. The van der Waals surface area contributed by atoms with Crippen LogP contribution in [-0.2, 0) is 20.5 Å². The summed E-state index contributed by atoms with van der Waals surface area (Å²) in [4.78, 5) is 40.5. The van der Waals surface area contributed by atoms with Gasteiger partial charge in [-0.2, -0.15) is 0 Å². The molecular weight excluding hydrogens is 488 g/mol. The van der Waals surface area contributed by atoms with E-state index in [4.69, 9.17) is 0 Å². The lowest BCUT2D eigenvalue weighted by Crippen LogP contribution is -2.42. The Labute approximate surface area is 182 Å². The Balaban J connectivity index is 1.93. The van der Waals surface area contributed by atoms with Gasteiger partial charge in [0.2, 0.25) is 0 Å². The van der Waals surface area contributed by atoms with Gasteiger partial charge >= 0.3 is 5.69 Å². The van der Waals surface area contributed by atoms with Crippen molar-refractivity contribution in [3.63, 3.8) is 0 Å². The van der Waals surface area contributed by atoms with E-state index in [0.717, 1.165) is 27.8 Å². The molecule has 0 aliphatic carbocycles. The van der Waals surface area contributed by atoms with Crippen molar-refractivity contribution in [2.24, 2.45) is 14.1 Å². The molecule has 0 spiro atoms. The van der Waals surface area contributed by atoms with E-state index in [1.54, 1.807) is 12.1 Å². The Morgan fingerprint density at radius 1 is 1.14 bits per heavy atom. The molecule has 1 aromatic heterocycles. The molecule has 0 atom stereocenters. The highest BCUT2D eigenvalue weighted by atomic mass is 127. The summed E-state index contributed by atoms with van der Waals surface area (Å²) >= 11 is 2.02. The number of nitrogens with zero attached hydrogens (tertiary/aromatic N) is 3. The lowest BCUT2D eigenvalue weighted by Gasteiger charge is -2.16. The Morgan fingerprint density at radius 3 is 2.48 bits per heavy atom. The van der Waals surface area contributed by atoms with Gasteiger partial charge in [0, 0.05) is 36.2 Å². The number of benzene rings is 1. The molecule has 8 heteroatoms. The maximum atomic E-state index is 14.4. The zero-order chi connectivity index (χ0) is 21.1. The normalized spacial score (nSPS) is 14.5. The second-order valence-corrected chi connectivity index (χ2v) is 8.76. The fraction of sp³-hybridized carbons (Fsp3) is 0.476. The van der Waals surface area contributed by atoms with E-state index in [1.807, 2.05) is 22.6 Å². The molecule has 2 aromatic rings. The number of rotatable bonds is 7. The first-order valence-electron chi connectivity index (χ1n) is 9.78. The molecule has 0 radical (unpaired) electrons. The zero-order valence-corrected chi connectivity index (χ0v) is 18.9. The molecule has 0 saturated carbocycles. The molecule has 1 saturated heterocycles. The molecule has 0 N–H and O–H groups in total. The third-order valence-corrected chi connectivity index (χ3v) is 6.19. The third kappa shape index (κ3) is 4.85. The summed E-state index contributed by atoms with van der Waals surface area (Å²) in [5.74, 6) is -0.709. The number of ketones is 1. The van der Waals surface area contributed by atoms with Crippen molar-refractivity contribution in [1.29, 1.82) is 0 Å². The van der Waals surface area contributed by atoms with Gasteiger partial charge in [0.15, 0.2) is 5.78 Å². The predicted molar refractivity (Wildman–Crippen MR) is 118 cm³/mol. The molecule has 1 fully saturated rings. The quantitative estimate of drug-likeness (QED) is 0.422. The van der Waals surface area contributed by atoms with E-state index in [9.17, 15) is 18.8 Å². The summed E-state index contributed by atoms with van der Waals surface area (Å²) in [5, 5.41) is 0. The Hall–Kier alpha value is -1.81. The molecule has 1 aromatic carbocycles. The average molecular weight is 513 g/mol. The van der Waals surface area contributed by atoms with Gasteiger partial charge in [0.1, 0.15) is 11.4 Å². The van der Waals surface area contributed by atoms with Crippen molar-refractivity contribution in [2.75, 3.05) is 19.6 Å². The fourth-order valence-electron chi connectivity index (χ4n) is 3.81. The summed E-state index contributed by atoms with van der Waals surface area (Å²) in [6.07, 6.45) is 3.26. The first-order valence-corrected chi connectivity index (χ1v) is 10.9. The van der Waals surface area contributed by atoms with Crippen LogP contribution in [0.2, 0.25) is 0 Å². The van der Waals surface area contributed by atoms with Gasteiger partial charge < -0.3 is 4.90 Å². The number of hydrogen-bond donors (Lipinski definition) is 0. The lowest BCUT2D eigenvalue weighted by molar-refractivity contribution is 0.0972. The Morgan fingerprint density at radius 2 is 1.83 bits per heavy atom. The topological polar surface area (TPSA) is 64.3 Å². The van der Waals surface area contributed by atoms with E-state index in [1.165, 1.54) is 37.6 Å². The second kappa shape index (κ2) is 9.34. The van der Waals surface area contributed by atoms with Crippen molar-refractivity contribution in [3.05, 3.63) is 65.2 Å². The molecule has 0 amide bonds. The van der Waals surface area contributed by atoms with Crippen LogP contribution in [0.25, 0.3) is 0 Å². The second-order valence-electron chi connectivity index (χ2n) is 7.52. The number of aromatic nitrogens is 2. The maximum Gasteiger partial charge on any atom is 0.330 e. The Kier molecular flexibility index (Phi) is 7.05. The zero-order valence-electron chi connectivity index (χ0n) is 16.7. The van der Waals surface area contributed by atoms with Crippen LogP contribution in [0.4, 0.5) is 4.39 Å². The number of Topliss-reactive ketones (excluding diaryl/α,β-unsaturated/α-hetero) is 1. The van der Waals surface area contributed by atoms with E-state index < -0.39 is 17.1 Å². The van der Waals surface area contributed by atoms with Crippen LogP contribution in [0.3, 0.4) is 0 Å². The summed E-state index contributed by atoms with van der Waals surface area (Å²) in [6.45, 7) is 2.92. The highest BCUT2D eigenvalue weighted by molar-refractivity contribution is 14.1. The smallest absolute Gasteiger partial charge is 0.303 e. The van der Waals surface area contributed by atoms with Crippen LogP contribution in [0, 0.1) is 9.39 Å². The van der Waals surface area contributed by atoms with Crippen LogP contribution in [0.5, 0.6) is 0 Å². The van der Waals surface area contributed by atoms with Gasteiger partial charge in [-0.25, -0.2) is 9.18 Å². The van der Waals surface area contributed by atoms with Gasteiger partial charge in [0.05, 0.1) is 0 Å². The van der Waals surface area contributed by atoms with Gasteiger partial charge in [-0.15, -0.1) is 0 Å². The molecule has 1 aliphatic rings. The van der Waals surface area contributed by atoms with E-state index >= 15 is 0 Å². The minimum absolute atomic E-state index is 0.00558. The van der Waals surface area contributed by atoms with Gasteiger partial charge in [-0.3, -0.25) is 18.7 Å². The first kappa shape index (κ1) is 21.9. The summed E-state index contributed by atoms with van der Waals surface area (Å²) in [5.41, 5.74) is -0.525. The lowest BCUT2D eigenvalue weighted by atomic mass is 10.00. The molecule has 29 heavy (non-hydrogen) atoms. The minimum Gasteiger partial charge on any atom is -0.303 e. The van der Waals surface area contributed by atoms with Gasteiger partial charge in [-0.05, 0) is 79.2 Å². The molecule has 2 heterocycles. The van der Waals surface area contributed by atoms with Crippen molar-refractivity contribution in [3.8, 4) is 0 Å². The molecule has 3 rings (SSSR count). The van der Waals surface area contributed by atoms with Crippen LogP contribution in [0.1, 0.15) is 47.3 Å². The highest BCUT2D eigenvalue weighted by Crippen LogP contribution is 2.18. The molecule has 0 bridgehead atoms. The summed E-state index contributed by atoms with van der Waals surface area (Å²) in [7, 11) is 2.88. The largest absolute Gasteiger partial charge is 0.330 e. The third-order valence-electron chi connectivity index (χ3n) is 5.51. The van der Waals surface area contributed by atoms with E-state index in [0.29, 0.717) is 12.0 Å². The van der Waals surface area contributed by atoms with Crippen molar-refractivity contribution >= 4 is 28.4 Å². The SMILES string of the molecule is Cn1c(Cc2ccc(I)cc2F)c(C(=O)CCCN2CCCC2)c(=O)n(C)c1=O. The van der Waals surface area contributed by atoms with Crippen molar-refractivity contribution < 1.29 is 9.18 Å².